The Hall–Kier alpha value is -1.71. The topological polar surface area (TPSA) is 64.7 Å². The van der Waals surface area contributed by atoms with Crippen LogP contribution in [0.5, 0.6) is 0 Å². The molecule has 4 heteroatoms. The molecule has 0 radical (unpaired) electrons. The molecule has 60 valence electrons. The molecule has 0 atom stereocenters. The fraction of sp³-hybridized carbons (Fsp3) is 0.125. The molecular weight excluding hydrogens is 152 g/mol. The van der Waals surface area contributed by atoms with Gasteiger partial charge in [0.15, 0.2) is 0 Å². The predicted octanol–water partition coefficient (Wildman–Crippen LogP) is 0.915. The molecular formula is C8H8N4. The third-order valence-corrected chi connectivity index (χ3v) is 1.63. The maximum absolute atomic E-state index is 5.38. The van der Waals surface area contributed by atoms with Crippen LogP contribution in [0.2, 0.25) is 0 Å². The highest BCUT2D eigenvalue weighted by atomic mass is 15.2. The first kappa shape index (κ1) is 6.97. The maximum atomic E-state index is 5.38. The number of hydrogen-bond acceptors (Lipinski definition) is 4. The molecule has 0 saturated heterocycles. The van der Waals surface area contributed by atoms with E-state index in [1.807, 2.05) is 25.1 Å². The Morgan fingerprint density at radius 3 is 2.83 bits per heavy atom. The van der Waals surface area contributed by atoms with E-state index in [4.69, 9.17) is 5.73 Å². The van der Waals surface area contributed by atoms with Crippen LogP contribution in [-0.4, -0.2) is 15.2 Å². The van der Waals surface area contributed by atoms with Crippen LogP contribution >= 0.6 is 0 Å². The van der Waals surface area contributed by atoms with E-state index >= 15 is 0 Å². The number of benzene rings is 1. The number of fused-ring (bicyclic) bond motifs is 1. The molecule has 0 aliphatic carbocycles. The summed E-state index contributed by atoms with van der Waals surface area (Å²) in [6, 6.07) is 5.78. The summed E-state index contributed by atoms with van der Waals surface area (Å²) in [4.78, 5) is 4.02. The number of nitrogens with two attached hydrogens (primary N) is 1. The van der Waals surface area contributed by atoms with Crippen LogP contribution in [0.25, 0.3) is 11.0 Å². The van der Waals surface area contributed by atoms with Crippen molar-refractivity contribution in [3.63, 3.8) is 0 Å². The predicted molar refractivity (Wildman–Crippen MR) is 46.5 cm³/mol. The number of hydrogen-bond donors (Lipinski definition) is 1. The molecule has 1 aromatic heterocycles. The summed E-state index contributed by atoms with van der Waals surface area (Å²) < 4.78 is 0. The smallest absolute Gasteiger partial charge is 0.240 e. The van der Waals surface area contributed by atoms with Gasteiger partial charge in [0, 0.05) is 0 Å². The second-order valence-corrected chi connectivity index (χ2v) is 2.66. The summed E-state index contributed by atoms with van der Waals surface area (Å²) in [5.41, 5.74) is 8.09. The summed E-state index contributed by atoms with van der Waals surface area (Å²) in [6.07, 6.45) is 0. The highest BCUT2D eigenvalue weighted by Crippen LogP contribution is 2.10. The van der Waals surface area contributed by atoms with Gasteiger partial charge in [0.05, 0.1) is 5.52 Å². The Kier molecular flexibility index (Phi) is 1.40. The zero-order chi connectivity index (χ0) is 8.55. The second-order valence-electron chi connectivity index (χ2n) is 2.66. The third kappa shape index (κ3) is 1.07. The molecule has 4 nitrogen and oxygen atoms in total. The van der Waals surface area contributed by atoms with Crippen molar-refractivity contribution in [2.75, 3.05) is 5.73 Å². The number of nitrogen functional groups attached to an aromatic ring is 1. The van der Waals surface area contributed by atoms with Crippen molar-refractivity contribution < 1.29 is 0 Å². The zero-order valence-electron chi connectivity index (χ0n) is 6.65. The largest absolute Gasteiger partial charge is 0.366 e. The first-order valence-electron chi connectivity index (χ1n) is 3.62. The molecule has 0 aliphatic heterocycles. The molecule has 0 saturated carbocycles. The third-order valence-electron chi connectivity index (χ3n) is 1.63. The molecule has 0 fully saturated rings. The van der Waals surface area contributed by atoms with Crippen LogP contribution in [0.4, 0.5) is 5.95 Å². The molecule has 2 aromatic rings. The molecule has 2 rings (SSSR count). The Morgan fingerprint density at radius 1 is 1.17 bits per heavy atom. The molecule has 0 spiro atoms. The van der Waals surface area contributed by atoms with E-state index in [0.717, 1.165) is 16.6 Å². The first-order chi connectivity index (χ1) is 5.75. The van der Waals surface area contributed by atoms with Crippen LogP contribution in [0.3, 0.4) is 0 Å². The van der Waals surface area contributed by atoms with Crippen LogP contribution in [0.1, 0.15) is 5.56 Å². The lowest BCUT2D eigenvalue weighted by molar-refractivity contribution is 1.04. The Balaban J connectivity index is 2.79. The number of aryl methyl sites for hydroxylation is 1. The lowest BCUT2D eigenvalue weighted by atomic mass is 10.2. The van der Waals surface area contributed by atoms with Gasteiger partial charge in [0.1, 0.15) is 5.52 Å². The summed E-state index contributed by atoms with van der Waals surface area (Å²) in [5, 5.41) is 7.57. The van der Waals surface area contributed by atoms with E-state index in [2.05, 4.69) is 15.2 Å². The zero-order valence-corrected chi connectivity index (χ0v) is 6.65. The highest BCUT2D eigenvalue weighted by molar-refractivity contribution is 5.74. The van der Waals surface area contributed by atoms with E-state index < -0.39 is 0 Å². The van der Waals surface area contributed by atoms with Gasteiger partial charge in [-0.1, -0.05) is 6.07 Å². The van der Waals surface area contributed by atoms with Gasteiger partial charge in [-0.15, -0.1) is 10.2 Å². The standard InChI is InChI=1S/C8H8N4/c1-5-2-3-6-7(4-5)11-12-8(9)10-6/h2-4H,1H3,(H2,9,10,12). The molecule has 2 N–H and O–H groups in total. The van der Waals surface area contributed by atoms with Gasteiger partial charge in [0.25, 0.3) is 0 Å². The van der Waals surface area contributed by atoms with Gasteiger partial charge in [-0.25, -0.2) is 4.98 Å². The lowest BCUT2D eigenvalue weighted by Crippen LogP contribution is -1.97. The van der Waals surface area contributed by atoms with Crippen molar-refractivity contribution in [1.82, 2.24) is 15.2 Å². The van der Waals surface area contributed by atoms with E-state index in [0.29, 0.717) is 0 Å². The van der Waals surface area contributed by atoms with E-state index in [1.54, 1.807) is 0 Å². The van der Waals surface area contributed by atoms with Gasteiger partial charge in [-0.2, -0.15) is 0 Å². The van der Waals surface area contributed by atoms with Gasteiger partial charge < -0.3 is 5.73 Å². The maximum Gasteiger partial charge on any atom is 0.240 e. The minimum atomic E-state index is 0.214. The molecule has 0 amide bonds. The average Bonchev–Trinajstić information content (AvgIpc) is 2.05. The first-order valence-corrected chi connectivity index (χ1v) is 3.62. The van der Waals surface area contributed by atoms with Gasteiger partial charge in [-0.3, -0.25) is 0 Å². The summed E-state index contributed by atoms with van der Waals surface area (Å²) in [5.74, 6) is 0.214. The minimum Gasteiger partial charge on any atom is -0.366 e. The Morgan fingerprint density at radius 2 is 2.00 bits per heavy atom. The summed E-state index contributed by atoms with van der Waals surface area (Å²) in [6.45, 7) is 2.00. The molecule has 1 aromatic carbocycles. The number of aromatic nitrogens is 3. The molecule has 0 aliphatic rings. The second kappa shape index (κ2) is 2.41. The molecule has 12 heavy (non-hydrogen) atoms. The van der Waals surface area contributed by atoms with Gasteiger partial charge in [0.2, 0.25) is 5.95 Å². The number of nitrogens with zero attached hydrogens (tertiary/aromatic N) is 3. The van der Waals surface area contributed by atoms with Crippen LogP contribution < -0.4 is 5.73 Å². The van der Waals surface area contributed by atoms with E-state index in [9.17, 15) is 0 Å². The normalized spacial score (nSPS) is 10.4. The SMILES string of the molecule is Cc1ccc2nc(N)nnc2c1. The summed E-state index contributed by atoms with van der Waals surface area (Å²) >= 11 is 0. The van der Waals surface area contributed by atoms with Gasteiger partial charge >= 0.3 is 0 Å². The van der Waals surface area contributed by atoms with E-state index in [-0.39, 0.29) is 5.95 Å². The van der Waals surface area contributed by atoms with Crippen molar-refractivity contribution in [2.24, 2.45) is 0 Å². The van der Waals surface area contributed by atoms with E-state index in [1.165, 1.54) is 0 Å². The fourth-order valence-corrected chi connectivity index (χ4v) is 1.06. The van der Waals surface area contributed by atoms with Crippen LogP contribution in [0.15, 0.2) is 18.2 Å². The fourth-order valence-electron chi connectivity index (χ4n) is 1.06. The van der Waals surface area contributed by atoms with Crippen molar-refractivity contribution in [3.8, 4) is 0 Å². The van der Waals surface area contributed by atoms with Crippen molar-refractivity contribution >= 4 is 17.0 Å². The van der Waals surface area contributed by atoms with Crippen LogP contribution in [-0.2, 0) is 0 Å². The number of anilines is 1. The summed E-state index contributed by atoms with van der Waals surface area (Å²) in [7, 11) is 0. The monoisotopic (exact) mass is 160 g/mol. The Bertz CT molecular complexity index is 383. The number of rotatable bonds is 0. The van der Waals surface area contributed by atoms with Crippen LogP contribution in [0, 0.1) is 6.92 Å². The highest BCUT2D eigenvalue weighted by Gasteiger charge is 1.97. The molecule has 0 unspecified atom stereocenters. The minimum absolute atomic E-state index is 0.214. The lowest BCUT2D eigenvalue weighted by Gasteiger charge is -1.96. The van der Waals surface area contributed by atoms with Crippen molar-refractivity contribution in [2.45, 2.75) is 6.92 Å². The van der Waals surface area contributed by atoms with Crippen molar-refractivity contribution in [3.05, 3.63) is 23.8 Å². The molecule has 0 bridgehead atoms. The molecule has 1 heterocycles. The Labute approximate surface area is 69.4 Å². The van der Waals surface area contributed by atoms with Gasteiger partial charge in [-0.05, 0) is 24.6 Å². The average molecular weight is 160 g/mol. The van der Waals surface area contributed by atoms with Crippen molar-refractivity contribution in [1.29, 1.82) is 0 Å². The quantitative estimate of drug-likeness (QED) is 0.622.